The first-order valence-corrected chi connectivity index (χ1v) is 30.5. The minimum absolute atomic E-state index is 0. The smallest absolute Gasteiger partial charge is 0.142 e. The van der Waals surface area contributed by atoms with E-state index < -0.39 is 21.9 Å². The molecule has 0 radical (unpaired) electrons. The predicted molar refractivity (Wildman–Crippen MR) is 348 cm³/mol. The SMILES string of the molecule is CN1[CH-]N(C2(c3[c-]c(C4(c5cc[n-]n5)c5ncccc5-c5cccnc54)ccc3)c3ncccc3-c3cccnc32)c2nccnc21.CN1[CH-]N(C2(c3[c-]c(C4(c5cc[n-]n5)c5ncccc5-c5cccnc54)ccc3)c3ncccc3-c3cccnc32)c2nccnc21.[Pt].[Pt]. The summed E-state index contributed by atoms with van der Waals surface area (Å²) in [6.07, 6.45) is 24.9. The van der Waals surface area contributed by atoms with Gasteiger partial charge in [-0.15, -0.1) is 22.3 Å². The van der Waals surface area contributed by atoms with Crippen molar-refractivity contribution in [1.82, 2.24) is 80.2 Å². The van der Waals surface area contributed by atoms with Gasteiger partial charge >= 0.3 is 0 Å². The van der Waals surface area contributed by atoms with Gasteiger partial charge in [0.2, 0.25) is 0 Å². The maximum Gasteiger partial charge on any atom is 0.142 e. The van der Waals surface area contributed by atoms with Gasteiger partial charge in [-0.05, 0) is 62.6 Å². The Morgan fingerprint density at radius 1 is 0.302 bits per heavy atom. The van der Waals surface area contributed by atoms with E-state index in [9.17, 15) is 0 Å². The molecule has 0 spiro atoms. The van der Waals surface area contributed by atoms with Crippen LogP contribution in [0.2, 0.25) is 0 Å². The molecule has 20 rings (SSSR count). The van der Waals surface area contributed by atoms with Gasteiger partial charge in [0, 0.05) is 172 Å². The summed E-state index contributed by atoms with van der Waals surface area (Å²) in [5.41, 5.74) is 15.4. The molecule has 468 valence electrons. The molecule has 4 aliphatic carbocycles. The van der Waals surface area contributed by atoms with Crippen molar-refractivity contribution < 1.29 is 42.1 Å². The van der Waals surface area contributed by atoms with E-state index in [4.69, 9.17) is 49.8 Å². The molecule has 0 bridgehead atoms. The average Bonchev–Trinajstić information content (AvgIpc) is 1.53. The molecule has 22 heteroatoms. The Kier molecular flexibility index (Phi) is 13.6. The average molecular weight is 1610 g/mol. The molecule has 0 saturated carbocycles. The van der Waals surface area contributed by atoms with E-state index in [1.807, 2.05) is 147 Å². The molecule has 14 aromatic rings. The van der Waals surface area contributed by atoms with Gasteiger partial charge in [-0.2, -0.15) is 74.3 Å². The minimum Gasteiger partial charge on any atom is -0.581 e. The van der Waals surface area contributed by atoms with Crippen LogP contribution in [0.5, 0.6) is 0 Å². The van der Waals surface area contributed by atoms with Crippen molar-refractivity contribution in [3.05, 3.63) is 337 Å². The van der Waals surface area contributed by atoms with Gasteiger partial charge in [0.05, 0.1) is 56.4 Å². The molecular formula is C74H46N20Pt2-6. The number of nitrogens with zero attached hydrogens (tertiary/aromatic N) is 20. The van der Waals surface area contributed by atoms with E-state index >= 15 is 0 Å². The number of rotatable bonds is 8. The van der Waals surface area contributed by atoms with Gasteiger partial charge in [-0.1, -0.05) is 60.7 Å². The van der Waals surface area contributed by atoms with Crippen molar-refractivity contribution in [2.24, 2.45) is 0 Å². The maximum atomic E-state index is 5.08. The Labute approximate surface area is 578 Å². The van der Waals surface area contributed by atoms with Crippen molar-refractivity contribution in [2.75, 3.05) is 33.7 Å². The van der Waals surface area contributed by atoms with Crippen LogP contribution in [0.25, 0.3) is 44.5 Å². The fraction of sp³-hybridized carbons (Fsp3) is 0.0811. The maximum absolute atomic E-state index is 5.08. The summed E-state index contributed by atoms with van der Waals surface area (Å²) in [5, 5.41) is 17.9. The summed E-state index contributed by atoms with van der Waals surface area (Å²) in [6.45, 7) is 4.05. The summed E-state index contributed by atoms with van der Waals surface area (Å²) in [5.74, 6) is 2.86. The van der Waals surface area contributed by atoms with Crippen LogP contribution in [0, 0.1) is 25.5 Å². The van der Waals surface area contributed by atoms with E-state index in [-0.39, 0.29) is 42.1 Å². The van der Waals surface area contributed by atoms with Gasteiger partial charge < -0.3 is 40.0 Å². The molecule has 12 aromatic heterocycles. The number of fused-ring (bicyclic) bond motifs is 14. The first-order chi connectivity index (χ1) is 46.5. The molecule has 0 unspecified atom stereocenters. The number of aromatic nitrogens is 16. The molecule has 0 N–H and O–H groups in total. The molecule has 96 heavy (non-hydrogen) atoms. The topological polar surface area (TPSA) is 222 Å². The molecule has 0 saturated heterocycles. The first kappa shape index (κ1) is 58.6. The molecule has 0 fully saturated rings. The van der Waals surface area contributed by atoms with Crippen molar-refractivity contribution in [3.63, 3.8) is 0 Å². The monoisotopic (exact) mass is 1600 g/mol. The second kappa shape index (κ2) is 22.2. The van der Waals surface area contributed by atoms with E-state index in [1.54, 1.807) is 37.2 Å². The molecule has 14 heterocycles. The van der Waals surface area contributed by atoms with Crippen molar-refractivity contribution in [2.45, 2.75) is 21.9 Å². The second-order valence-electron chi connectivity index (χ2n) is 23.5. The van der Waals surface area contributed by atoms with Crippen LogP contribution in [0.15, 0.2) is 232 Å². The number of hydrogen-bond donors (Lipinski definition) is 0. The summed E-state index contributed by atoms with van der Waals surface area (Å²) >= 11 is 0. The van der Waals surface area contributed by atoms with Gasteiger partial charge in [0.1, 0.15) is 34.3 Å². The summed E-state index contributed by atoms with van der Waals surface area (Å²) < 4.78 is 0. The van der Waals surface area contributed by atoms with Gasteiger partial charge in [0.25, 0.3) is 0 Å². The fourth-order valence-electron chi connectivity index (χ4n) is 15.5. The molecule has 0 atom stereocenters. The van der Waals surface area contributed by atoms with E-state index in [0.29, 0.717) is 11.6 Å². The molecule has 2 aliphatic heterocycles. The standard InChI is InChI=1S/2C37H23N10.2Pt/c2*1-46-22-47(35-34(46)42-19-20-43-35)37(32-27(11-5-16-40-32)28-12-6-17-41-33(28)37)24-8-2-7-23(21-24)36(29-13-18-44-45-29)30-25(9-3-14-38-30)26-10-4-15-39-31(26)36;;/h2*2-20,22H,1H3;;/q2*-3;;. The second-order valence-corrected chi connectivity index (χ2v) is 23.5. The van der Waals surface area contributed by atoms with Crippen molar-refractivity contribution in [3.8, 4) is 44.5 Å². The Morgan fingerprint density at radius 2 is 0.573 bits per heavy atom. The largest absolute Gasteiger partial charge is 0.581 e. The van der Waals surface area contributed by atoms with E-state index in [1.165, 1.54) is 0 Å². The summed E-state index contributed by atoms with van der Waals surface area (Å²) in [7, 11) is 3.95. The van der Waals surface area contributed by atoms with Crippen molar-refractivity contribution >= 4 is 23.3 Å². The Bertz CT molecular complexity index is 4860. The third-order valence-corrected chi connectivity index (χ3v) is 19.0. The van der Waals surface area contributed by atoms with Crippen LogP contribution in [0.4, 0.5) is 23.3 Å². The molecular weight excluding hydrogens is 1560 g/mol. The van der Waals surface area contributed by atoms with Gasteiger partial charge in [-0.3, -0.25) is 39.9 Å². The molecule has 2 aromatic carbocycles. The minimum atomic E-state index is -1.05. The molecule has 6 aliphatic rings. The van der Waals surface area contributed by atoms with E-state index in [0.717, 1.165) is 135 Å². The first-order valence-electron chi connectivity index (χ1n) is 30.5. The fourth-order valence-corrected chi connectivity index (χ4v) is 15.5. The summed E-state index contributed by atoms with van der Waals surface area (Å²) in [4.78, 5) is 67.6. The Balaban J connectivity index is 0.000000142. The zero-order valence-electron chi connectivity index (χ0n) is 50.7. The number of hydrogen-bond acceptors (Lipinski definition) is 18. The predicted octanol–water partition coefficient (Wildman–Crippen LogP) is 9.84. The molecule has 20 nitrogen and oxygen atoms in total. The van der Waals surface area contributed by atoms with Crippen LogP contribution in [-0.4, -0.2) is 84.1 Å². The van der Waals surface area contributed by atoms with E-state index in [2.05, 4.69) is 137 Å². The van der Waals surface area contributed by atoms with Crippen LogP contribution < -0.4 is 29.8 Å². The summed E-state index contributed by atoms with van der Waals surface area (Å²) in [6, 6.07) is 56.7. The van der Waals surface area contributed by atoms with Crippen LogP contribution in [0.1, 0.15) is 79.2 Å². The normalized spacial score (nSPS) is 15.6. The Hall–Kier alpha value is -11.2. The van der Waals surface area contributed by atoms with Crippen LogP contribution in [0.3, 0.4) is 0 Å². The quantitative estimate of drug-likeness (QED) is 0.129. The van der Waals surface area contributed by atoms with Gasteiger partial charge in [-0.25, -0.2) is 19.9 Å². The zero-order chi connectivity index (χ0) is 62.3. The number of anilines is 4. The van der Waals surface area contributed by atoms with Crippen molar-refractivity contribution in [1.29, 1.82) is 0 Å². The van der Waals surface area contributed by atoms with Crippen LogP contribution in [-0.2, 0) is 64.0 Å². The Morgan fingerprint density at radius 3 is 0.865 bits per heavy atom. The third-order valence-electron chi connectivity index (χ3n) is 19.0. The number of benzene rings is 2. The van der Waals surface area contributed by atoms with Crippen LogP contribution >= 0.6 is 0 Å². The third kappa shape index (κ3) is 7.67. The van der Waals surface area contributed by atoms with Gasteiger partial charge in [0.15, 0.2) is 0 Å². The zero-order valence-corrected chi connectivity index (χ0v) is 55.2. The number of pyridine rings is 8. The molecule has 0 amide bonds.